The summed E-state index contributed by atoms with van der Waals surface area (Å²) in [6.45, 7) is 3.28. The Kier molecular flexibility index (Phi) is 5.12. The molecule has 22 heavy (non-hydrogen) atoms. The summed E-state index contributed by atoms with van der Waals surface area (Å²) in [6, 6.07) is 10.6. The summed E-state index contributed by atoms with van der Waals surface area (Å²) in [5.74, 6) is -0.386. The average Bonchev–Trinajstić information content (AvgIpc) is 2.98. The van der Waals surface area contributed by atoms with Gasteiger partial charge in [-0.1, -0.05) is 30.3 Å². The number of amides is 1. The van der Waals surface area contributed by atoms with Gasteiger partial charge >= 0.3 is 0 Å². The number of carbonyl (C=O) groups is 2. The topological polar surface area (TPSA) is 82.2 Å². The summed E-state index contributed by atoms with van der Waals surface area (Å²) in [5, 5.41) is 13.0. The lowest BCUT2D eigenvalue weighted by atomic mass is 10.0. The molecule has 0 saturated carbocycles. The van der Waals surface area contributed by atoms with Crippen molar-refractivity contribution in [2.45, 2.75) is 32.4 Å². The molecule has 0 bridgehead atoms. The third-order valence-electron chi connectivity index (χ3n) is 3.47. The van der Waals surface area contributed by atoms with Crippen LogP contribution in [-0.4, -0.2) is 27.8 Å². The molecule has 0 aliphatic heterocycles. The summed E-state index contributed by atoms with van der Waals surface area (Å²) in [4.78, 5) is 26.1. The Labute approximate surface area is 129 Å². The van der Waals surface area contributed by atoms with Crippen molar-refractivity contribution < 1.29 is 14.7 Å². The van der Waals surface area contributed by atoms with Gasteiger partial charge in [0.25, 0.3) is 5.91 Å². The number of nitrogens with one attached hydrogen (secondary N) is 2. The van der Waals surface area contributed by atoms with Gasteiger partial charge in [0.15, 0.2) is 5.78 Å². The Morgan fingerprint density at radius 3 is 2.55 bits per heavy atom. The van der Waals surface area contributed by atoms with Crippen LogP contribution >= 0.6 is 0 Å². The highest BCUT2D eigenvalue weighted by Crippen LogP contribution is 2.17. The number of aliphatic hydroxyl groups excluding tert-OH is 1. The number of ketones is 1. The van der Waals surface area contributed by atoms with Gasteiger partial charge in [0.2, 0.25) is 0 Å². The zero-order valence-electron chi connectivity index (χ0n) is 12.7. The standard InChI is InChI=1S/C17H20N2O3/c1-11(8-16(21)13-6-4-3-5-7-13)19-17(22)15-9-14(10-18-15)12(2)20/h3-7,9-11,16,18,21H,8H2,1-2H3,(H,19,22). The number of H-pyrrole nitrogens is 1. The second kappa shape index (κ2) is 7.04. The zero-order chi connectivity index (χ0) is 16.1. The Bertz CT molecular complexity index is 649. The molecule has 5 nitrogen and oxygen atoms in total. The lowest BCUT2D eigenvalue weighted by Gasteiger charge is -2.18. The van der Waals surface area contributed by atoms with Crippen LogP contribution in [0.4, 0.5) is 0 Å². The van der Waals surface area contributed by atoms with Crippen LogP contribution in [0.3, 0.4) is 0 Å². The van der Waals surface area contributed by atoms with Crippen LogP contribution in [0.15, 0.2) is 42.6 Å². The average molecular weight is 300 g/mol. The minimum absolute atomic E-state index is 0.0946. The molecule has 1 aromatic heterocycles. The quantitative estimate of drug-likeness (QED) is 0.717. The number of carbonyl (C=O) groups excluding carboxylic acids is 2. The van der Waals surface area contributed by atoms with E-state index in [1.165, 1.54) is 19.2 Å². The van der Waals surface area contributed by atoms with Crippen LogP contribution in [0.5, 0.6) is 0 Å². The van der Waals surface area contributed by atoms with Crippen molar-refractivity contribution in [2.75, 3.05) is 0 Å². The molecular weight excluding hydrogens is 280 g/mol. The number of hydrogen-bond donors (Lipinski definition) is 3. The van der Waals surface area contributed by atoms with E-state index in [2.05, 4.69) is 10.3 Å². The number of hydrogen-bond acceptors (Lipinski definition) is 3. The normalized spacial score (nSPS) is 13.4. The van der Waals surface area contributed by atoms with E-state index in [-0.39, 0.29) is 17.7 Å². The van der Waals surface area contributed by atoms with Crippen LogP contribution in [0, 0.1) is 0 Å². The van der Waals surface area contributed by atoms with Crippen molar-refractivity contribution in [3.63, 3.8) is 0 Å². The fourth-order valence-electron chi connectivity index (χ4n) is 2.24. The first-order chi connectivity index (χ1) is 10.5. The Balaban J connectivity index is 1.92. The molecule has 2 rings (SSSR count). The van der Waals surface area contributed by atoms with Crippen molar-refractivity contribution in [2.24, 2.45) is 0 Å². The second-order valence-electron chi connectivity index (χ2n) is 5.39. The van der Waals surface area contributed by atoms with E-state index in [4.69, 9.17) is 0 Å². The maximum Gasteiger partial charge on any atom is 0.267 e. The lowest BCUT2D eigenvalue weighted by molar-refractivity contribution is 0.0912. The SMILES string of the molecule is CC(=O)c1c[nH]c(C(=O)NC(C)CC(O)c2ccccc2)c1. The number of benzene rings is 1. The maximum absolute atomic E-state index is 12.1. The van der Waals surface area contributed by atoms with Crippen molar-refractivity contribution in [1.29, 1.82) is 0 Å². The molecule has 0 aliphatic carbocycles. The first-order valence-electron chi connectivity index (χ1n) is 7.20. The first kappa shape index (κ1) is 16.0. The smallest absolute Gasteiger partial charge is 0.267 e. The number of aromatic nitrogens is 1. The number of rotatable bonds is 6. The van der Waals surface area contributed by atoms with Gasteiger partial charge in [0.05, 0.1) is 6.10 Å². The van der Waals surface area contributed by atoms with E-state index >= 15 is 0 Å². The molecular formula is C17H20N2O3. The second-order valence-corrected chi connectivity index (χ2v) is 5.39. The van der Waals surface area contributed by atoms with Gasteiger partial charge < -0.3 is 15.4 Å². The van der Waals surface area contributed by atoms with Gasteiger partial charge in [-0.05, 0) is 31.9 Å². The molecule has 0 radical (unpaired) electrons. The molecule has 0 aliphatic rings. The van der Waals surface area contributed by atoms with Crippen LogP contribution in [0.25, 0.3) is 0 Å². The Hall–Kier alpha value is -2.40. The van der Waals surface area contributed by atoms with Crippen molar-refractivity contribution >= 4 is 11.7 Å². The summed E-state index contributed by atoms with van der Waals surface area (Å²) in [5.41, 5.74) is 1.63. The zero-order valence-corrected chi connectivity index (χ0v) is 12.7. The highest BCUT2D eigenvalue weighted by atomic mass is 16.3. The molecule has 2 aromatic rings. The van der Waals surface area contributed by atoms with Gasteiger partial charge in [-0.3, -0.25) is 9.59 Å². The van der Waals surface area contributed by atoms with Crippen molar-refractivity contribution in [3.05, 3.63) is 59.4 Å². The van der Waals surface area contributed by atoms with E-state index in [0.29, 0.717) is 17.7 Å². The fourth-order valence-corrected chi connectivity index (χ4v) is 2.24. The molecule has 0 fully saturated rings. The molecule has 116 valence electrons. The monoisotopic (exact) mass is 300 g/mol. The highest BCUT2D eigenvalue weighted by Gasteiger charge is 2.16. The summed E-state index contributed by atoms with van der Waals surface area (Å²) in [6.07, 6.45) is 1.30. The summed E-state index contributed by atoms with van der Waals surface area (Å²) < 4.78 is 0. The van der Waals surface area contributed by atoms with E-state index < -0.39 is 6.10 Å². The van der Waals surface area contributed by atoms with Crippen LogP contribution in [0.1, 0.15) is 52.8 Å². The molecule has 0 spiro atoms. The predicted octanol–water partition coefficient (Wildman–Crippen LogP) is 2.46. The summed E-state index contributed by atoms with van der Waals surface area (Å²) >= 11 is 0. The minimum Gasteiger partial charge on any atom is -0.388 e. The number of aromatic amines is 1. The Morgan fingerprint density at radius 2 is 1.95 bits per heavy atom. The summed E-state index contributed by atoms with van der Waals surface area (Å²) in [7, 11) is 0. The number of aliphatic hydroxyl groups is 1. The van der Waals surface area contributed by atoms with E-state index in [0.717, 1.165) is 5.56 Å². The molecule has 5 heteroatoms. The minimum atomic E-state index is -0.632. The molecule has 1 amide bonds. The molecule has 1 aromatic carbocycles. The lowest BCUT2D eigenvalue weighted by Crippen LogP contribution is -2.34. The highest BCUT2D eigenvalue weighted by molar-refractivity contribution is 5.99. The van der Waals surface area contributed by atoms with Gasteiger partial charge in [0, 0.05) is 17.8 Å². The predicted molar refractivity (Wildman–Crippen MR) is 83.7 cm³/mol. The van der Waals surface area contributed by atoms with Gasteiger partial charge in [-0.25, -0.2) is 0 Å². The van der Waals surface area contributed by atoms with Crippen molar-refractivity contribution in [1.82, 2.24) is 10.3 Å². The third-order valence-corrected chi connectivity index (χ3v) is 3.47. The van der Waals surface area contributed by atoms with Gasteiger partial charge in [-0.15, -0.1) is 0 Å². The van der Waals surface area contributed by atoms with Crippen LogP contribution in [0.2, 0.25) is 0 Å². The van der Waals surface area contributed by atoms with E-state index in [1.807, 2.05) is 37.3 Å². The van der Waals surface area contributed by atoms with Crippen LogP contribution in [-0.2, 0) is 0 Å². The van der Waals surface area contributed by atoms with Crippen molar-refractivity contribution in [3.8, 4) is 0 Å². The molecule has 2 unspecified atom stereocenters. The number of Topliss-reactive ketones (excluding diaryl/α,β-unsaturated/α-hetero) is 1. The molecule has 0 saturated heterocycles. The van der Waals surface area contributed by atoms with E-state index in [1.54, 1.807) is 0 Å². The molecule has 2 atom stereocenters. The molecule has 3 N–H and O–H groups in total. The maximum atomic E-state index is 12.1. The van der Waals surface area contributed by atoms with Crippen LogP contribution < -0.4 is 5.32 Å². The Morgan fingerprint density at radius 1 is 1.27 bits per heavy atom. The largest absolute Gasteiger partial charge is 0.388 e. The van der Waals surface area contributed by atoms with Gasteiger partial charge in [-0.2, -0.15) is 0 Å². The third kappa shape index (κ3) is 4.05. The van der Waals surface area contributed by atoms with Gasteiger partial charge in [0.1, 0.15) is 5.69 Å². The fraction of sp³-hybridized carbons (Fsp3) is 0.294. The van der Waals surface area contributed by atoms with E-state index in [9.17, 15) is 14.7 Å². The first-order valence-corrected chi connectivity index (χ1v) is 7.20. The molecule has 1 heterocycles.